The van der Waals surface area contributed by atoms with Gasteiger partial charge in [-0.25, -0.2) is 4.98 Å². The van der Waals surface area contributed by atoms with Gasteiger partial charge in [0, 0.05) is 6.20 Å². The van der Waals surface area contributed by atoms with Crippen LogP contribution in [0.3, 0.4) is 0 Å². The van der Waals surface area contributed by atoms with E-state index in [4.69, 9.17) is 0 Å². The van der Waals surface area contributed by atoms with E-state index >= 15 is 0 Å². The van der Waals surface area contributed by atoms with Crippen molar-refractivity contribution in [3.8, 4) is 10.4 Å². The Hall–Kier alpha value is -1.43. The fraction of sp³-hybridized carbons (Fsp3) is 0.286. The van der Waals surface area contributed by atoms with E-state index in [1.165, 1.54) is 11.3 Å². The minimum atomic E-state index is -0.0657. The summed E-state index contributed by atoms with van der Waals surface area (Å²) in [6.07, 6.45) is 3.77. The Bertz CT molecular complexity index is 567. The van der Waals surface area contributed by atoms with Gasteiger partial charge in [0.05, 0.1) is 10.9 Å². The van der Waals surface area contributed by atoms with Crippen LogP contribution in [0, 0.1) is 0 Å². The molecule has 0 bridgehead atoms. The molecule has 2 N–H and O–H groups in total. The molecule has 1 aromatic heterocycles. The van der Waals surface area contributed by atoms with Crippen LogP contribution in [0.1, 0.15) is 12.8 Å². The average molecular weight is 310 g/mol. The maximum Gasteiger partial charge on any atom is 0.243 e. The normalized spacial score (nSPS) is 17.5. The van der Waals surface area contributed by atoms with Crippen LogP contribution in [0.4, 0.5) is 5.13 Å². The number of benzene rings is 1. The number of nitrogens with zero attached hydrogens (tertiary/aromatic N) is 1. The van der Waals surface area contributed by atoms with E-state index in [2.05, 4.69) is 15.6 Å². The number of aromatic nitrogens is 1. The highest BCUT2D eigenvalue weighted by Gasteiger charge is 2.22. The van der Waals surface area contributed by atoms with Crippen molar-refractivity contribution in [2.45, 2.75) is 18.9 Å². The third-order valence-corrected chi connectivity index (χ3v) is 4.13. The van der Waals surface area contributed by atoms with Crippen molar-refractivity contribution in [2.24, 2.45) is 0 Å². The molecular formula is C14H16ClN3OS. The molecule has 2 aromatic rings. The summed E-state index contributed by atoms with van der Waals surface area (Å²) < 4.78 is 0. The van der Waals surface area contributed by atoms with Crippen molar-refractivity contribution < 1.29 is 4.79 Å². The van der Waals surface area contributed by atoms with Crippen LogP contribution in [-0.4, -0.2) is 23.5 Å². The maximum absolute atomic E-state index is 12.0. The number of nitrogens with one attached hydrogen (secondary N) is 2. The second-order valence-electron chi connectivity index (χ2n) is 4.53. The topological polar surface area (TPSA) is 54.0 Å². The van der Waals surface area contributed by atoms with Gasteiger partial charge in [-0.3, -0.25) is 4.79 Å². The number of carbonyl (C=O) groups excluding carboxylic acids is 1. The Labute approximate surface area is 128 Å². The Morgan fingerprint density at radius 3 is 2.85 bits per heavy atom. The van der Waals surface area contributed by atoms with Gasteiger partial charge in [-0.05, 0) is 24.9 Å². The number of carbonyl (C=O) groups is 1. The van der Waals surface area contributed by atoms with Crippen LogP contribution in [0.25, 0.3) is 10.4 Å². The summed E-state index contributed by atoms with van der Waals surface area (Å²) in [6, 6.07) is 9.99. The molecule has 6 heteroatoms. The molecule has 0 saturated carbocycles. The summed E-state index contributed by atoms with van der Waals surface area (Å²) in [7, 11) is 0. The van der Waals surface area contributed by atoms with Crippen LogP contribution in [-0.2, 0) is 4.79 Å². The van der Waals surface area contributed by atoms with E-state index in [1.807, 2.05) is 30.3 Å². The Kier molecular flexibility index (Phi) is 5.11. The summed E-state index contributed by atoms with van der Waals surface area (Å²) in [4.78, 5) is 17.3. The standard InChI is InChI=1S/C14H15N3OS.ClH/c18-13(11-7-4-8-15-11)17-14-16-9-12(19-14)10-5-2-1-3-6-10;/h1-3,5-6,9,11,15H,4,7-8H2,(H,16,17,18);1H. The number of amides is 1. The highest BCUT2D eigenvalue weighted by atomic mass is 35.5. The summed E-state index contributed by atoms with van der Waals surface area (Å²) in [5.41, 5.74) is 1.12. The molecule has 106 valence electrons. The maximum atomic E-state index is 12.0. The van der Waals surface area contributed by atoms with Crippen molar-refractivity contribution in [3.63, 3.8) is 0 Å². The number of thiazole rings is 1. The lowest BCUT2D eigenvalue weighted by Crippen LogP contribution is -2.35. The zero-order valence-corrected chi connectivity index (χ0v) is 12.5. The third-order valence-electron chi connectivity index (χ3n) is 3.17. The van der Waals surface area contributed by atoms with E-state index in [0.717, 1.165) is 29.8 Å². The van der Waals surface area contributed by atoms with Crippen LogP contribution < -0.4 is 10.6 Å². The number of hydrogen-bond donors (Lipinski definition) is 2. The fourth-order valence-corrected chi connectivity index (χ4v) is 2.99. The monoisotopic (exact) mass is 309 g/mol. The van der Waals surface area contributed by atoms with Gasteiger partial charge in [0.15, 0.2) is 5.13 Å². The molecule has 1 aliphatic heterocycles. The fourth-order valence-electron chi connectivity index (χ4n) is 2.17. The third kappa shape index (κ3) is 3.36. The first-order chi connectivity index (χ1) is 9.33. The van der Waals surface area contributed by atoms with Gasteiger partial charge in [0.2, 0.25) is 5.91 Å². The molecule has 3 rings (SSSR count). The molecule has 1 fully saturated rings. The van der Waals surface area contributed by atoms with Crippen LogP contribution in [0.5, 0.6) is 0 Å². The SMILES string of the molecule is Cl.O=C(Nc1ncc(-c2ccccc2)s1)C1CCCN1. The largest absolute Gasteiger partial charge is 0.306 e. The van der Waals surface area contributed by atoms with Gasteiger partial charge >= 0.3 is 0 Å². The summed E-state index contributed by atoms with van der Waals surface area (Å²) in [5, 5.41) is 6.72. The highest BCUT2D eigenvalue weighted by molar-refractivity contribution is 7.19. The zero-order valence-electron chi connectivity index (χ0n) is 10.8. The number of anilines is 1. The second-order valence-corrected chi connectivity index (χ2v) is 5.56. The molecule has 1 unspecified atom stereocenters. The lowest BCUT2D eigenvalue weighted by atomic mass is 10.2. The Morgan fingerprint density at radius 2 is 2.15 bits per heavy atom. The molecule has 1 amide bonds. The van der Waals surface area contributed by atoms with E-state index in [-0.39, 0.29) is 24.4 Å². The van der Waals surface area contributed by atoms with Gasteiger partial charge in [-0.1, -0.05) is 41.7 Å². The Balaban J connectivity index is 0.00000147. The molecule has 20 heavy (non-hydrogen) atoms. The average Bonchev–Trinajstić information content (AvgIpc) is 3.11. The minimum absolute atomic E-state index is 0. The van der Waals surface area contributed by atoms with E-state index < -0.39 is 0 Å². The molecule has 1 atom stereocenters. The van der Waals surface area contributed by atoms with Crippen LogP contribution in [0.15, 0.2) is 36.5 Å². The summed E-state index contributed by atoms with van der Waals surface area (Å²) in [6.45, 7) is 0.922. The molecule has 0 spiro atoms. The predicted octanol–water partition coefficient (Wildman–Crippen LogP) is 2.92. The molecular weight excluding hydrogens is 294 g/mol. The second kappa shape index (κ2) is 6.83. The predicted molar refractivity (Wildman–Crippen MR) is 84.5 cm³/mol. The van der Waals surface area contributed by atoms with E-state index in [0.29, 0.717) is 5.13 Å². The molecule has 4 nitrogen and oxygen atoms in total. The van der Waals surface area contributed by atoms with Crippen LogP contribution >= 0.6 is 23.7 Å². The first-order valence-electron chi connectivity index (χ1n) is 6.38. The number of rotatable bonds is 3. The number of halogens is 1. The summed E-state index contributed by atoms with van der Waals surface area (Å²) in [5.74, 6) is 0.0199. The van der Waals surface area contributed by atoms with Crippen LogP contribution in [0.2, 0.25) is 0 Å². The van der Waals surface area contributed by atoms with Crippen molar-refractivity contribution in [1.29, 1.82) is 0 Å². The highest BCUT2D eigenvalue weighted by Crippen LogP contribution is 2.28. The van der Waals surface area contributed by atoms with Crippen molar-refractivity contribution in [1.82, 2.24) is 10.3 Å². The summed E-state index contributed by atoms with van der Waals surface area (Å²) >= 11 is 1.50. The molecule has 2 heterocycles. The van der Waals surface area contributed by atoms with Gasteiger partial charge in [0.25, 0.3) is 0 Å². The number of hydrogen-bond acceptors (Lipinski definition) is 4. The van der Waals surface area contributed by atoms with Crippen molar-refractivity contribution in [3.05, 3.63) is 36.5 Å². The molecule has 1 aromatic carbocycles. The molecule has 0 radical (unpaired) electrons. The van der Waals surface area contributed by atoms with Gasteiger partial charge in [-0.2, -0.15) is 0 Å². The van der Waals surface area contributed by atoms with Crippen molar-refractivity contribution in [2.75, 3.05) is 11.9 Å². The minimum Gasteiger partial charge on any atom is -0.306 e. The quantitative estimate of drug-likeness (QED) is 0.916. The molecule has 1 aliphatic rings. The molecule has 1 saturated heterocycles. The van der Waals surface area contributed by atoms with Gasteiger partial charge in [-0.15, -0.1) is 12.4 Å². The van der Waals surface area contributed by atoms with Gasteiger partial charge < -0.3 is 10.6 Å². The first-order valence-corrected chi connectivity index (χ1v) is 7.20. The zero-order chi connectivity index (χ0) is 13.1. The van der Waals surface area contributed by atoms with E-state index in [1.54, 1.807) is 6.20 Å². The Morgan fingerprint density at radius 1 is 1.35 bits per heavy atom. The van der Waals surface area contributed by atoms with E-state index in [9.17, 15) is 4.79 Å². The smallest absolute Gasteiger partial charge is 0.243 e. The lowest BCUT2D eigenvalue weighted by Gasteiger charge is -2.08. The van der Waals surface area contributed by atoms with Gasteiger partial charge in [0.1, 0.15) is 0 Å². The molecule has 0 aliphatic carbocycles. The first kappa shape index (κ1) is 15.0. The lowest BCUT2D eigenvalue weighted by molar-refractivity contribution is -0.117. The van der Waals surface area contributed by atoms with Crippen molar-refractivity contribution >= 4 is 34.8 Å².